The number of amides is 1. The van der Waals surface area contributed by atoms with Crippen LogP contribution in [-0.4, -0.2) is 41.6 Å². The zero-order chi connectivity index (χ0) is 17.6. The molecule has 3 aliphatic rings. The summed E-state index contributed by atoms with van der Waals surface area (Å²) in [6.07, 6.45) is 4.31. The Hall–Kier alpha value is -2.14. The molecule has 3 heterocycles. The lowest BCUT2D eigenvalue weighted by molar-refractivity contribution is -0.154. The normalized spacial score (nSPS) is 33.6. The van der Waals surface area contributed by atoms with E-state index in [4.69, 9.17) is 9.47 Å². The van der Waals surface area contributed by atoms with E-state index in [2.05, 4.69) is 0 Å². The molecule has 5 atom stereocenters. The molecule has 5 nitrogen and oxygen atoms in total. The minimum Gasteiger partial charge on any atom is -0.465 e. The van der Waals surface area contributed by atoms with Gasteiger partial charge >= 0.3 is 5.97 Å². The second-order valence-electron chi connectivity index (χ2n) is 7.12. The molecule has 1 aromatic carbocycles. The van der Waals surface area contributed by atoms with Gasteiger partial charge in [-0.3, -0.25) is 9.59 Å². The van der Waals surface area contributed by atoms with Crippen molar-refractivity contribution in [3.05, 3.63) is 48.0 Å². The number of nitrogens with zero attached hydrogens (tertiary/aromatic N) is 1. The molecule has 4 rings (SSSR count). The summed E-state index contributed by atoms with van der Waals surface area (Å²) in [5.74, 6) is -1.33. The van der Waals surface area contributed by atoms with Gasteiger partial charge in [-0.2, -0.15) is 0 Å². The Labute approximate surface area is 147 Å². The molecular weight excluding hydrogens is 318 g/mol. The van der Waals surface area contributed by atoms with Crippen molar-refractivity contribution in [3.63, 3.8) is 0 Å². The largest absolute Gasteiger partial charge is 0.465 e. The van der Waals surface area contributed by atoms with Crippen LogP contribution in [-0.2, 0) is 19.1 Å². The highest BCUT2D eigenvalue weighted by atomic mass is 16.6. The molecule has 5 heteroatoms. The average molecular weight is 341 g/mol. The maximum Gasteiger partial charge on any atom is 0.312 e. The Bertz CT molecular complexity index is 716. The van der Waals surface area contributed by atoms with Crippen LogP contribution in [0.2, 0.25) is 0 Å². The average Bonchev–Trinajstić information content (AvgIpc) is 3.28. The second kappa shape index (κ2) is 5.99. The van der Waals surface area contributed by atoms with E-state index < -0.39 is 17.4 Å². The van der Waals surface area contributed by atoms with Crippen molar-refractivity contribution in [3.8, 4) is 0 Å². The predicted octanol–water partition coefficient (Wildman–Crippen LogP) is 2.48. The van der Waals surface area contributed by atoms with E-state index in [1.807, 2.05) is 61.2 Å². The number of hydrogen-bond donors (Lipinski definition) is 0. The summed E-state index contributed by atoms with van der Waals surface area (Å²) in [4.78, 5) is 27.5. The van der Waals surface area contributed by atoms with E-state index in [0.717, 1.165) is 12.0 Å². The Morgan fingerprint density at radius 2 is 2.16 bits per heavy atom. The Balaban J connectivity index is 1.60. The summed E-state index contributed by atoms with van der Waals surface area (Å²) < 4.78 is 11.4. The van der Waals surface area contributed by atoms with Crippen LogP contribution in [0.5, 0.6) is 0 Å². The van der Waals surface area contributed by atoms with Gasteiger partial charge in [0, 0.05) is 0 Å². The fourth-order valence-corrected chi connectivity index (χ4v) is 4.34. The summed E-state index contributed by atoms with van der Waals surface area (Å²) in [6.45, 7) is 4.84. The fraction of sp³-hybridized carbons (Fsp3) is 0.500. The van der Waals surface area contributed by atoms with Crippen molar-refractivity contribution < 1.29 is 19.1 Å². The van der Waals surface area contributed by atoms with Gasteiger partial charge in [-0.15, -0.1) is 0 Å². The number of likely N-dealkylation sites (tertiary alicyclic amines) is 1. The van der Waals surface area contributed by atoms with Crippen molar-refractivity contribution in [1.29, 1.82) is 0 Å². The SMILES string of the molecule is CCCOC(=O)[C@@H]1[C@@H]2C=C[C@@]3(CN([C@@H](C)c4ccccc4)C(=O)[C@H]13)O2. The van der Waals surface area contributed by atoms with Crippen LogP contribution < -0.4 is 0 Å². The number of hydrogen-bond acceptors (Lipinski definition) is 4. The van der Waals surface area contributed by atoms with Gasteiger partial charge in [0.1, 0.15) is 11.5 Å². The van der Waals surface area contributed by atoms with Gasteiger partial charge in [0.15, 0.2) is 0 Å². The van der Waals surface area contributed by atoms with Gasteiger partial charge in [0.25, 0.3) is 0 Å². The summed E-state index contributed by atoms with van der Waals surface area (Å²) in [5.41, 5.74) is 0.400. The third-order valence-electron chi connectivity index (χ3n) is 5.60. The van der Waals surface area contributed by atoms with Crippen LogP contribution in [0, 0.1) is 11.8 Å². The number of esters is 1. The summed E-state index contributed by atoms with van der Waals surface area (Å²) in [7, 11) is 0. The second-order valence-corrected chi connectivity index (χ2v) is 7.12. The van der Waals surface area contributed by atoms with Crippen LogP contribution in [0.15, 0.2) is 42.5 Å². The zero-order valence-electron chi connectivity index (χ0n) is 14.6. The monoisotopic (exact) mass is 341 g/mol. The minimum atomic E-state index is -0.680. The van der Waals surface area contributed by atoms with E-state index in [0.29, 0.717) is 13.2 Å². The maximum absolute atomic E-state index is 13.2. The molecule has 25 heavy (non-hydrogen) atoms. The van der Waals surface area contributed by atoms with Crippen LogP contribution in [0.3, 0.4) is 0 Å². The maximum atomic E-state index is 13.2. The van der Waals surface area contributed by atoms with E-state index in [1.165, 1.54) is 0 Å². The van der Waals surface area contributed by atoms with Crippen LogP contribution in [0.4, 0.5) is 0 Å². The third kappa shape index (κ3) is 2.41. The van der Waals surface area contributed by atoms with Gasteiger partial charge in [-0.1, -0.05) is 49.4 Å². The van der Waals surface area contributed by atoms with Crippen molar-refractivity contribution in [2.75, 3.05) is 13.2 Å². The van der Waals surface area contributed by atoms with Crippen molar-refractivity contribution in [2.45, 2.75) is 38.0 Å². The molecule has 2 bridgehead atoms. The van der Waals surface area contributed by atoms with E-state index in [1.54, 1.807) is 0 Å². The molecule has 0 aromatic heterocycles. The van der Waals surface area contributed by atoms with E-state index in [9.17, 15) is 9.59 Å². The molecule has 0 saturated carbocycles. The number of ether oxygens (including phenoxy) is 2. The number of benzene rings is 1. The lowest BCUT2D eigenvalue weighted by Crippen LogP contribution is -2.40. The molecule has 0 unspecified atom stereocenters. The number of carbonyl (C=O) groups excluding carboxylic acids is 2. The lowest BCUT2D eigenvalue weighted by atomic mass is 9.77. The highest BCUT2D eigenvalue weighted by molar-refractivity contribution is 5.91. The quantitative estimate of drug-likeness (QED) is 0.610. The Morgan fingerprint density at radius 1 is 1.40 bits per heavy atom. The first-order valence-electron chi connectivity index (χ1n) is 8.96. The Kier molecular flexibility index (Phi) is 3.91. The first kappa shape index (κ1) is 16.3. The molecule has 0 radical (unpaired) electrons. The molecule has 1 spiro atoms. The first-order valence-corrected chi connectivity index (χ1v) is 8.96. The molecule has 2 saturated heterocycles. The van der Waals surface area contributed by atoms with Gasteiger partial charge < -0.3 is 14.4 Å². The summed E-state index contributed by atoms with van der Waals surface area (Å²) in [6, 6.07) is 9.88. The highest BCUT2D eigenvalue weighted by Gasteiger charge is 2.67. The Morgan fingerprint density at radius 3 is 2.88 bits per heavy atom. The fourth-order valence-electron chi connectivity index (χ4n) is 4.34. The topological polar surface area (TPSA) is 55.8 Å². The van der Waals surface area contributed by atoms with Crippen LogP contribution in [0.25, 0.3) is 0 Å². The van der Waals surface area contributed by atoms with Gasteiger partial charge in [0.2, 0.25) is 5.91 Å². The number of fused-ring (bicyclic) bond motifs is 1. The van der Waals surface area contributed by atoms with Crippen molar-refractivity contribution >= 4 is 11.9 Å². The number of rotatable bonds is 5. The molecule has 1 amide bonds. The third-order valence-corrected chi connectivity index (χ3v) is 5.60. The van der Waals surface area contributed by atoms with Gasteiger partial charge in [-0.25, -0.2) is 0 Å². The van der Waals surface area contributed by atoms with E-state index in [-0.39, 0.29) is 24.0 Å². The van der Waals surface area contributed by atoms with Crippen molar-refractivity contribution in [1.82, 2.24) is 4.90 Å². The molecule has 0 aliphatic carbocycles. The summed E-state index contributed by atoms with van der Waals surface area (Å²) in [5, 5.41) is 0. The standard InChI is InChI=1S/C20H23NO4/c1-3-11-24-19(23)16-15-9-10-20(25-15)12-21(18(22)17(16)20)13(2)14-7-5-4-6-8-14/h4-10,13,15-17H,3,11-12H2,1-2H3/t13-,15-,16+,17-,20-/m0/s1. The molecule has 0 N–H and O–H groups in total. The van der Waals surface area contributed by atoms with Gasteiger partial charge in [0.05, 0.1) is 31.2 Å². The molecule has 132 valence electrons. The highest BCUT2D eigenvalue weighted by Crippen LogP contribution is 2.53. The molecule has 3 aliphatic heterocycles. The number of carbonyl (C=O) groups is 2. The first-order chi connectivity index (χ1) is 12.1. The molecular formula is C20H23NO4. The van der Waals surface area contributed by atoms with E-state index >= 15 is 0 Å². The van der Waals surface area contributed by atoms with Crippen molar-refractivity contribution in [2.24, 2.45) is 11.8 Å². The summed E-state index contributed by atoms with van der Waals surface area (Å²) >= 11 is 0. The van der Waals surface area contributed by atoms with Crippen LogP contribution in [0.1, 0.15) is 31.9 Å². The smallest absolute Gasteiger partial charge is 0.312 e. The minimum absolute atomic E-state index is 0.0124. The molecule has 1 aromatic rings. The predicted molar refractivity (Wildman–Crippen MR) is 91.5 cm³/mol. The lowest BCUT2D eigenvalue weighted by Gasteiger charge is -2.27. The van der Waals surface area contributed by atoms with Gasteiger partial charge in [-0.05, 0) is 18.9 Å². The zero-order valence-corrected chi connectivity index (χ0v) is 14.6. The van der Waals surface area contributed by atoms with Crippen LogP contribution >= 0.6 is 0 Å². The molecule has 2 fully saturated rings.